The third kappa shape index (κ3) is 3.84. The number of nitrogens with zero attached hydrogens (tertiary/aromatic N) is 4. The minimum absolute atomic E-state index is 0.0977. The molecule has 2 aromatic rings. The molecule has 9 nitrogen and oxygen atoms in total. The van der Waals surface area contributed by atoms with Crippen molar-refractivity contribution in [3.63, 3.8) is 0 Å². The number of pyridine rings is 1. The molecule has 3 rings (SSSR count). The zero-order valence-electron chi connectivity index (χ0n) is 16.5. The molecule has 1 aliphatic rings. The standard InChI is InChI=1S/C19H25N5O4/c1-12-9-14(19(28-4)21-11-12)22-18(26)13-10-15(25)24(7-8-27-3)16(13)17-20-5-6-23(17)2/h5-6,9,11,13,16H,7-8,10H2,1-4H3,(H,22,26)/t13-,16-/m0/s1. The number of aromatic nitrogens is 3. The quantitative estimate of drug-likeness (QED) is 0.769. The highest BCUT2D eigenvalue weighted by atomic mass is 16.5. The van der Waals surface area contributed by atoms with Crippen LogP contribution >= 0.6 is 0 Å². The summed E-state index contributed by atoms with van der Waals surface area (Å²) in [5.41, 5.74) is 1.37. The third-order valence-electron chi connectivity index (χ3n) is 4.87. The van der Waals surface area contributed by atoms with Gasteiger partial charge in [-0.2, -0.15) is 0 Å². The summed E-state index contributed by atoms with van der Waals surface area (Å²) < 4.78 is 12.2. The Balaban J connectivity index is 1.90. The van der Waals surface area contributed by atoms with Crippen molar-refractivity contribution in [1.82, 2.24) is 19.4 Å². The fourth-order valence-corrected chi connectivity index (χ4v) is 3.49. The number of hydrogen-bond acceptors (Lipinski definition) is 6. The second kappa shape index (κ2) is 8.39. The first kappa shape index (κ1) is 19.8. The van der Waals surface area contributed by atoms with E-state index in [1.54, 1.807) is 36.7 Å². The van der Waals surface area contributed by atoms with Gasteiger partial charge in [-0.05, 0) is 18.6 Å². The minimum atomic E-state index is -0.587. The molecule has 9 heteroatoms. The molecular weight excluding hydrogens is 362 g/mol. The molecule has 0 unspecified atom stereocenters. The molecule has 2 amide bonds. The molecule has 0 bridgehead atoms. The van der Waals surface area contributed by atoms with Gasteiger partial charge < -0.3 is 24.3 Å². The monoisotopic (exact) mass is 387 g/mol. The van der Waals surface area contributed by atoms with Crippen molar-refractivity contribution in [2.45, 2.75) is 19.4 Å². The van der Waals surface area contributed by atoms with Crippen LogP contribution in [-0.4, -0.2) is 58.6 Å². The highest BCUT2D eigenvalue weighted by Crippen LogP contribution is 2.38. The van der Waals surface area contributed by atoms with E-state index < -0.39 is 12.0 Å². The Bertz CT molecular complexity index is 866. The van der Waals surface area contributed by atoms with Crippen LogP contribution < -0.4 is 10.1 Å². The number of likely N-dealkylation sites (tertiary alicyclic amines) is 1. The van der Waals surface area contributed by atoms with Crippen LogP contribution in [0.15, 0.2) is 24.7 Å². The van der Waals surface area contributed by atoms with E-state index >= 15 is 0 Å². The lowest BCUT2D eigenvalue weighted by molar-refractivity contribution is -0.129. The van der Waals surface area contributed by atoms with E-state index in [2.05, 4.69) is 15.3 Å². The van der Waals surface area contributed by atoms with Crippen molar-refractivity contribution in [2.75, 3.05) is 32.7 Å². The SMILES string of the molecule is COCCN1C(=O)C[C@H](C(=O)Nc2cc(C)cnc2OC)[C@H]1c1nccn1C. The number of ether oxygens (including phenoxy) is 2. The largest absolute Gasteiger partial charge is 0.480 e. The molecule has 150 valence electrons. The third-order valence-corrected chi connectivity index (χ3v) is 4.87. The molecule has 0 spiro atoms. The van der Waals surface area contributed by atoms with E-state index in [9.17, 15) is 9.59 Å². The number of methoxy groups -OCH3 is 2. The number of carbonyl (C=O) groups is 2. The Morgan fingerprint density at radius 2 is 2.14 bits per heavy atom. The molecule has 0 radical (unpaired) electrons. The van der Waals surface area contributed by atoms with Crippen LogP contribution in [0, 0.1) is 12.8 Å². The molecule has 28 heavy (non-hydrogen) atoms. The second-order valence-electron chi connectivity index (χ2n) is 6.79. The molecule has 1 fully saturated rings. The minimum Gasteiger partial charge on any atom is -0.480 e. The van der Waals surface area contributed by atoms with Crippen molar-refractivity contribution in [1.29, 1.82) is 0 Å². The Kier molecular flexibility index (Phi) is 5.93. The number of rotatable bonds is 7. The predicted octanol–water partition coefficient (Wildman–Crippen LogP) is 1.31. The molecule has 1 saturated heterocycles. The first-order valence-electron chi connectivity index (χ1n) is 9.03. The number of carbonyl (C=O) groups excluding carboxylic acids is 2. The van der Waals surface area contributed by atoms with Crippen molar-refractivity contribution in [3.05, 3.63) is 36.0 Å². The van der Waals surface area contributed by atoms with Crippen molar-refractivity contribution >= 4 is 17.5 Å². The van der Waals surface area contributed by atoms with Crippen LogP contribution in [0.2, 0.25) is 0 Å². The normalized spacial score (nSPS) is 19.1. The lowest BCUT2D eigenvalue weighted by atomic mass is 9.98. The van der Waals surface area contributed by atoms with E-state index in [0.717, 1.165) is 5.56 Å². The van der Waals surface area contributed by atoms with Gasteiger partial charge in [-0.1, -0.05) is 0 Å². The van der Waals surface area contributed by atoms with E-state index in [0.29, 0.717) is 30.5 Å². The number of nitrogens with one attached hydrogen (secondary N) is 1. The summed E-state index contributed by atoms with van der Waals surface area (Å²) in [6.07, 6.45) is 5.23. The van der Waals surface area contributed by atoms with E-state index in [1.165, 1.54) is 7.11 Å². The Morgan fingerprint density at radius 1 is 1.36 bits per heavy atom. The molecule has 3 heterocycles. The fourth-order valence-electron chi connectivity index (χ4n) is 3.49. The first-order chi connectivity index (χ1) is 13.5. The van der Waals surface area contributed by atoms with Crippen molar-refractivity contribution in [3.8, 4) is 5.88 Å². The molecular formula is C19H25N5O4. The summed E-state index contributed by atoms with van der Waals surface area (Å²) in [6, 6.07) is 1.32. The zero-order chi connectivity index (χ0) is 20.3. The van der Waals surface area contributed by atoms with E-state index in [4.69, 9.17) is 9.47 Å². The summed E-state index contributed by atoms with van der Waals surface area (Å²) in [4.78, 5) is 36.0. The summed E-state index contributed by atoms with van der Waals surface area (Å²) >= 11 is 0. The number of aryl methyl sites for hydroxylation is 2. The van der Waals surface area contributed by atoms with Crippen LogP contribution in [0.1, 0.15) is 23.9 Å². The van der Waals surface area contributed by atoms with Gasteiger partial charge in [0.25, 0.3) is 0 Å². The van der Waals surface area contributed by atoms with Gasteiger partial charge in [0.05, 0.1) is 19.6 Å². The molecule has 0 aliphatic carbocycles. The molecule has 0 aromatic carbocycles. The van der Waals surface area contributed by atoms with Gasteiger partial charge in [-0.15, -0.1) is 0 Å². The number of hydrogen-bond donors (Lipinski definition) is 1. The van der Waals surface area contributed by atoms with E-state index in [-0.39, 0.29) is 18.2 Å². The predicted molar refractivity (Wildman–Crippen MR) is 102 cm³/mol. The Labute approximate surface area is 163 Å². The van der Waals surface area contributed by atoms with Crippen LogP contribution in [0.4, 0.5) is 5.69 Å². The number of amides is 2. The smallest absolute Gasteiger partial charge is 0.237 e. The second-order valence-corrected chi connectivity index (χ2v) is 6.79. The van der Waals surface area contributed by atoms with Gasteiger partial charge >= 0.3 is 0 Å². The average molecular weight is 387 g/mol. The highest BCUT2D eigenvalue weighted by Gasteiger charge is 2.46. The van der Waals surface area contributed by atoms with Gasteiger partial charge in [0.2, 0.25) is 17.7 Å². The molecule has 2 aromatic heterocycles. The summed E-state index contributed by atoms with van der Waals surface area (Å²) in [5.74, 6) is 0.0339. The summed E-state index contributed by atoms with van der Waals surface area (Å²) in [6.45, 7) is 2.66. The maximum Gasteiger partial charge on any atom is 0.237 e. The molecule has 1 N–H and O–H groups in total. The highest BCUT2D eigenvalue weighted by molar-refractivity contribution is 5.98. The topological polar surface area (TPSA) is 98.6 Å². The van der Waals surface area contributed by atoms with Gasteiger partial charge in [-0.25, -0.2) is 9.97 Å². The van der Waals surface area contributed by atoms with Crippen molar-refractivity contribution in [2.24, 2.45) is 13.0 Å². The number of imidazole rings is 1. The fraction of sp³-hybridized carbons (Fsp3) is 0.474. The lowest BCUT2D eigenvalue weighted by Crippen LogP contribution is -2.36. The van der Waals surface area contributed by atoms with Gasteiger partial charge in [0.1, 0.15) is 17.6 Å². The summed E-state index contributed by atoms with van der Waals surface area (Å²) in [7, 11) is 4.93. The van der Waals surface area contributed by atoms with Crippen molar-refractivity contribution < 1.29 is 19.1 Å². The van der Waals surface area contributed by atoms with Crippen LogP contribution in [-0.2, 0) is 21.4 Å². The molecule has 2 atom stereocenters. The maximum atomic E-state index is 13.1. The molecule has 0 saturated carbocycles. The van der Waals surface area contributed by atoms with Gasteiger partial charge in [0, 0.05) is 45.7 Å². The average Bonchev–Trinajstić information content (AvgIpc) is 3.22. The van der Waals surface area contributed by atoms with Gasteiger partial charge in [-0.3, -0.25) is 9.59 Å². The Morgan fingerprint density at radius 3 is 2.79 bits per heavy atom. The lowest BCUT2D eigenvalue weighted by Gasteiger charge is -2.27. The first-order valence-corrected chi connectivity index (χ1v) is 9.03. The zero-order valence-corrected chi connectivity index (χ0v) is 16.5. The van der Waals surface area contributed by atoms with Crippen LogP contribution in [0.25, 0.3) is 0 Å². The summed E-state index contributed by atoms with van der Waals surface area (Å²) in [5, 5.41) is 2.88. The van der Waals surface area contributed by atoms with E-state index in [1.807, 2.05) is 18.5 Å². The van der Waals surface area contributed by atoms with Crippen LogP contribution in [0.3, 0.4) is 0 Å². The molecule has 1 aliphatic heterocycles. The maximum absolute atomic E-state index is 13.1. The van der Waals surface area contributed by atoms with Crippen LogP contribution in [0.5, 0.6) is 5.88 Å². The Hall–Kier alpha value is -2.94. The van der Waals surface area contributed by atoms with Gasteiger partial charge in [0.15, 0.2) is 0 Å². The number of anilines is 1.